The number of hydrogen-bond donors (Lipinski definition) is 2. The third-order valence-electron chi connectivity index (χ3n) is 4.21. The second kappa shape index (κ2) is 7.69. The van der Waals surface area contributed by atoms with Crippen LogP contribution in [0.4, 0.5) is 40.7 Å². The maximum atomic E-state index is 13.4. The number of alkyl halides is 3. The van der Waals surface area contributed by atoms with Crippen LogP contribution >= 0.6 is 0 Å². The van der Waals surface area contributed by atoms with Crippen LogP contribution in [0.25, 0.3) is 0 Å². The van der Waals surface area contributed by atoms with Crippen molar-refractivity contribution in [2.45, 2.75) is 32.4 Å². The van der Waals surface area contributed by atoms with Gasteiger partial charge >= 0.3 is 6.18 Å². The minimum atomic E-state index is -4.62. The van der Waals surface area contributed by atoms with Gasteiger partial charge in [-0.05, 0) is 47.4 Å². The number of rotatable bonds is 4. The maximum Gasteiger partial charge on any atom is 0.421 e. The third-order valence-corrected chi connectivity index (χ3v) is 4.21. The van der Waals surface area contributed by atoms with E-state index in [0.29, 0.717) is 17.6 Å². The van der Waals surface area contributed by atoms with Crippen molar-refractivity contribution in [3.63, 3.8) is 0 Å². The van der Waals surface area contributed by atoms with Crippen LogP contribution in [0.3, 0.4) is 0 Å². The van der Waals surface area contributed by atoms with E-state index in [2.05, 4.69) is 41.4 Å². The summed E-state index contributed by atoms with van der Waals surface area (Å²) in [4.78, 5) is 7.71. The van der Waals surface area contributed by atoms with Crippen molar-refractivity contribution < 1.29 is 17.6 Å². The zero-order valence-electron chi connectivity index (χ0n) is 16.1. The molecule has 0 bridgehead atoms. The summed E-state index contributed by atoms with van der Waals surface area (Å²) in [7, 11) is 0. The average molecular weight is 404 g/mol. The largest absolute Gasteiger partial charge is 0.421 e. The molecule has 0 aliphatic heterocycles. The van der Waals surface area contributed by atoms with E-state index in [0.717, 1.165) is 5.56 Å². The molecule has 0 aliphatic rings. The molecule has 0 unspecified atom stereocenters. The van der Waals surface area contributed by atoms with Crippen molar-refractivity contribution in [1.82, 2.24) is 9.97 Å². The summed E-state index contributed by atoms with van der Waals surface area (Å²) in [6.45, 7) is 6.15. The summed E-state index contributed by atoms with van der Waals surface area (Å²) in [5.41, 5.74) is 0.917. The lowest BCUT2D eigenvalue weighted by Gasteiger charge is -2.20. The van der Waals surface area contributed by atoms with Gasteiger partial charge in [0.2, 0.25) is 5.95 Å². The fourth-order valence-electron chi connectivity index (χ4n) is 2.60. The number of anilines is 4. The highest BCUT2D eigenvalue weighted by molar-refractivity contribution is 5.63. The van der Waals surface area contributed by atoms with E-state index in [1.807, 2.05) is 12.1 Å². The number of nitrogens with one attached hydrogen (secondary N) is 2. The molecular formula is C21H20F4N4. The molecule has 0 atom stereocenters. The molecule has 152 valence electrons. The van der Waals surface area contributed by atoms with Gasteiger partial charge in [-0.1, -0.05) is 32.9 Å². The highest BCUT2D eigenvalue weighted by Crippen LogP contribution is 2.35. The number of benzene rings is 2. The van der Waals surface area contributed by atoms with Gasteiger partial charge < -0.3 is 10.6 Å². The van der Waals surface area contributed by atoms with Crippen molar-refractivity contribution in [2.24, 2.45) is 0 Å². The Morgan fingerprint density at radius 3 is 1.90 bits per heavy atom. The van der Waals surface area contributed by atoms with E-state index in [-0.39, 0.29) is 17.2 Å². The molecule has 0 saturated carbocycles. The fourth-order valence-corrected chi connectivity index (χ4v) is 2.60. The first-order valence-corrected chi connectivity index (χ1v) is 8.87. The Balaban J connectivity index is 1.91. The van der Waals surface area contributed by atoms with Crippen molar-refractivity contribution in [2.75, 3.05) is 10.6 Å². The summed E-state index contributed by atoms with van der Waals surface area (Å²) in [5.74, 6) is -0.844. The molecule has 0 fully saturated rings. The first-order chi connectivity index (χ1) is 13.5. The van der Waals surface area contributed by atoms with Crippen LogP contribution < -0.4 is 10.6 Å². The lowest BCUT2D eigenvalue weighted by atomic mass is 9.87. The maximum absolute atomic E-state index is 13.4. The molecule has 0 aliphatic carbocycles. The normalized spacial score (nSPS) is 12.0. The summed E-state index contributed by atoms with van der Waals surface area (Å²) in [5, 5.41) is 5.49. The van der Waals surface area contributed by atoms with Crippen molar-refractivity contribution in [3.8, 4) is 0 Å². The first kappa shape index (κ1) is 20.6. The molecular weight excluding hydrogens is 384 g/mol. The van der Waals surface area contributed by atoms with Gasteiger partial charge in [0.25, 0.3) is 0 Å². The molecule has 8 heteroatoms. The molecule has 0 amide bonds. The highest BCUT2D eigenvalue weighted by Gasteiger charge is 2.35. The van der Waals surface area contributed by atoms with Crippen LogP contribution in [0.15, 0.2) is 54.7 Å². The zero-order valence-corrected chi connectivity index (χ0v) is 16.1. The van der Waals surface area contributed by atoms with Gasteiger partial charge in [0.1, 0.15) is 17.2 Å². The predicted molar refractivity (Wildman–Crippen MR) is 105 cm³/mol. The van der Waals surface area contributed by atoms with E-state index in [4.69, 9.17) is 0 Å². The Kier molecular flexibility index (Phi) is 5.46. The Morgan fingerprint density at radius 1 is 0.793 bits per heavy atom. The van der Waals surface area contributed by atoms with Crippen LogP contribution in [0.1, 0.15) is 31.9 Å². The van der Waals surface area contributed by atoms with E-state index >= 15 is 0 Å². The van der Waals surface area contributed by atoms with Crippen molar-refractivity contribution in [1.29, 1.82) is 0 Å². The van der Waals surface area contributed by atoms with Gasteiger partial charge in [-0.15, -0.1) is 0 Å². The van der Waals surface area contributed by atoms with Crippen LogP contribution in [-0.2, 0) is 11.6 Å². The average Bonchev–Trinajstić information content (AvgIpc) is 2.62. The van der Waals surface area contributed by atoms with Crippen LogP contribution in [-0.4, -0.2) is 9.97 Å². The Hall–Kier alpha value is -3.16. The standard InChI is InChI=1S/C21H20F4N4/c1-20(2,3)13-4-8-15(9-5-13)27-18-17(21(23,24)25)12-26-19(29-18)28-16-10-6-14(22)7-11-16/h4-12H,1-3H3,(H2,26,27,28,29). The topological polar surface area (TPSA) is 49.8 Å². The molecule has 2 N–H and O–H groups in total. The summed E-state index contributed by atoms with van der Waals surface area (Å²) in [6.07, 6.45) is -3.91. The molecule has 0 radical (unpaired) electrons. The number of nitrogens with zero attached hydrogens (tertiary/aromatic N) is 2. The smallest absolute Gasteiger partial charge is 0.340 e. The van der Waals surface area contributed by atoms with Gasteiger partial charge in [0.05, 0.1) is 0 Å². The monoisotopic (exact) mass is 404 g/mol. The quantitative estimate of drug-likeness (QED) is 0.493. The van der Waals surface area contributed by atoms with Gasteiger partial charge in [-0.3, -0.25) is 0 Å². The Bertz CT molecular complexity index is 976. The third kappa shape index (κ3) is 5.22. The SMILES string of the molecule is CC(C)(C)c1ccc(Nc2nc(Nc3ccc(F)cc3)ncc2C(F)(F)F)cc1. The van der Waals surface area contributed by atoms with E-state index < -0.39 is 17.6 Å². The second-order valence-corrected chi connectivity index (χ2v) is 7.54. The first-order valence-electron chi connectivity index (χ1n) is 8.87. The van der Waals surface area contributed by atoms with Crippen LogP contribution in [0, 0.1) is 5.82 Å². The molecule has 2 aromatic carbocycles. The molecule has 0 saturated heterocycles. The molecule has 0 spiro atoms. The highest BCUT2D eigenvalue weighted by atomic mass is 19.4. The summed E-state index contributed by atoms with van der Waals surface area (Å²) in [6, 6.07) is 12.4. The summed E-state index contributed by atoms with van der Waals surface area (Å²) >= 11 is 0. The molecule has 3 rings (SSSR count). The lowest BCUT2D eigenvalue weighted by molar-refractivity contribution is -0.137. The zero-order chi connectivity index (χ0) is 21.2. The van der Waals surface area contributed by atoms with E-state index in [1.165, 1.54) is 24.3 Å². The lowest BCUT2D eigenvalue weighted by Crippen LogP contribution is -2.13. The fraction of sp³-hybridized carbons (Fsp3) is 0.238. The van der Waals surface area contributed by atoms with Gasteiger partial charge in [-0.25, -0.2) is 9.37 Å². The summed E-state index contributed by atoms with van der Waals surface area (Å²) < 4.78 is 53.2. The number of hydrogen-bond acceptors (Lipinski definition) is 4. The Labute approximate surface area is 166 Å². The van der Waals surface area contributed by atoms with Crippen molar-refractivity contribution >= 4 is 23.1 Å². The minimum Gasteiger partial charge on any atom is -0.340 e. The van der Waals surface area contributed by atoms with Gasteiger partial charge in [-0.2, -0.15) is 18.2 Å². The minimum absolute atomic E-state index is 0.0431. The molecule has 1 heterocycles. The molecule has 29 heavy (non-hydrogen) atoms. The number of aromatic nitrogens is 2. The molecule has 4 nitrogen and oxygen atoms in total. The van der Waals surface area contributed by atoms with Gasteiger partial charge in [0, 0.05) is 17.6 Å². The van der Waals surface area contributed by atoms with Crippen LogP contribution in [0.2, 0.25) is 0 Å². The number of halogens is 4. The van der Waals surface area contributed by atoms with Gasteiger partial charge in [0.15, 0.2) is 0 Å². The second-order valence-electron chi connectivity index (χ2n) is 7.54. The van der Waals surface area contributed by atoms with E-state index in [1.54, 1.807) is 12.1 Å². The predicted octanol–water partition coefficient (Wildman–Crippen LogP) is 6.42. The van der Waals surface area contributed by atoms with Crippen molar-refractivity contribution in [3.05, 3.63) is 71.7 Å². The van der Waals surface area contributed by atoms with Crippen LogP contribution in [0.5, 0.6) is 0 Å². The Morgan fingerprint density at radius 2 is 1.34 bits per heavy atom. The molecule has 1 aromatic heterocycles. The molecule has 3 aromatic rings. The van der Waals surface area contributed by atoms with E-state index in [9.17, 15) is 17.6 Å².